The quantitative estimate of drug-likeness (QED) is 0.324. The number of rotatable bonds is 6. The summed E-state index contributed by atoms with van der Waals surface area (Å²) in [5, 5.41) is 15.4. The lowest BCUT2D eigenvalue weighted by atomic mass is 10.1. The van der Waals surface area contributed by atoms with Gasteiger partial charge >= 0.3 is 0 Å². The Balaban J connectivity index is 1.14. The van der Waals surface area contributed by atoms with E-state index in [1.807, 2.05) is 6.07 Å². The summed E-state index contributed by atoms with van der Waals surface area (Å²) < 4.78 is 0. The van der Waals surface area contributed by atoms with Gasteiger partial charge in [0.25, 0.3) is 0 Å². The van der Waals surface area contributed by atoms with Crippen LogP contribution < -0.4 is 15.5 Å². The van der Waals surface area contributed by atoms with Crippen molar-refractivity contribution in [3.63, 3.8) is 0 Å². The number of aromatic nitrogens is 2. The number of imidazole rings is 1. The third-order valence-corrected chi connectivity index (χ3v) is 7.42. The molecule has 0 bridgehead atoms. The number of hydrogen-bond donors (Lipinski definition) is 4. The van der Waals surface area contributed by atoms with Crippen LogP contribution in [0, 0.1) is 0 Å². The average Bonchev–Trinajstić information content (AvgIpc) is 3.38. The van der Waals surface area contributed by atoms with Gasteiger partial charge in [0.1, 0.15) is 17.4 Å². The second kappa shape index (κ2) is 9.88. The topological polar surface area (TPSA) is 96.5 Å². The number of piperazine rings is 1. The summed E-state index contributed by atoms with van der Waals surface area (Å²) in [7, 11) is 0. The van der Waals surface area contributed by atoms with Gasteiger partial charge in [-0.15, -0.1) is 0 Å². The Labute approximate surface area is 216 Å². The third-order valence-electron chi connectivity index (χ3n) is 7.42. The highest BCUT2D eigenvalue weighted by atomic mass is 16.3. The SMILES string of the molecule is CCc1ccc(-c2nc3c(N4CCN(Cc5ccc6c(c5)NC(CO)C(=O)N6)CC4)cccc3[nH]2)cc1. The molecule has 37 heavy (non-hydrogen) atoms. The highest BCUT2D eigenvalue weighted by Gasteiger charge is 2.25. The van der Waals surface area contributed by atoms with Crippen molar-refractivity contribution >= 4 is 34.0 Å². The Kier molecular flexibility index (Phi) is 6.28. The summed E-state index contributed by atoms with van der Waals surface area (Å²) in [4.78, 5) is 25.4. The number of aromatic amines is 1. The number of carbonyl (C=O) groups is 1. The third kappa shape index (κ3) is 4.65. The molecule has 6 rings (SSSR count). The molecule has 3 aromatic carbocycles. The van der Waals surface area contributed by atoms with Gasteiger partial charge < -0.3 is 25.6 Å². The highest BCUT2D eigenvalue weighted by Crippen LogP contribution is 2.31. The molecule has 8 nitrogen and oxygen atoms in total. The van der Waals surface area contributed by atoms with E-state index in [1.165, 1.54) is 16.8 Å². The second-order valence-electron chi connectivity index (χ2n) is 9.82. The van der Waals surface area contributed by atoms with Crippen LogP contribution in [0.5, 0.6) is 0 Å². The van der Waals surface area contributed by atoms with Gasteiger partial charge in [-0.2, -0.15) is 0 Å². The largest absolute Gasteiger partial charge is 0.394 e. The maximum Gasteiger partial charge on any atom is 0.249 e. The maximum absolute atomic E-state index is 12.0. The van der Waals surface area contributed by atoms with E-state index in [1.54, 1.807) is 0 Å². The van der Waals surface area contributed by atoms with Crippen LogP contribution in [0.2, 0.25) is 0 Å². The Morgan fingerprint density at radius 3 is 2.51 bits per heavy atom. The molecule has 4 N–H and O–H groups in total. The van der Waals surface area contributed by atoms with Crippen LogP contribution in [-0.4, -0.2) is 64.7 Å². The first kappa shape index (κ1) is 23.5. The molecule has 1 unspecified atom stereocenters. The van der Waals surface area contributed by atoms with Crippen LogP contribution in [0.3, 0.4) is 0 Å². The van der Waals surface area contributed by atoms with Crippen LogP contribution >= 0.6 is 0 Å². The second-order valence-corrected chi connectivity index (χ2v) is 9.82. The molecule has 1 saturated heterocycles. The summed E-state index contributed by atoms with van der Waals surface area (Å²) in [5.74, 6) is 0.705. The number of H-pyrrole nitrogens is 1. The lowest BCUT2D eigenvalue weighted by Crippen LogP contribution is -2.46. The lowest BCUT2D eigenvalue weighted by molar-refractivity contribution is -0.117. The van der Waals surface area contributed by atoms with E-state index in [-0.39, 0.29) is 12.5 Å². The zero-order valence-corrected chi connectivity index (χ0v) is 21.0. The van der Waals surface area contributed by atoms with Crippen LogP contribution in [0.1, 0.15) is 18.1 Å². The van der Waals surface area contributed by atoms with E-state index in [4.69, 9.17) is 4.98 Å². The predicted molar refractivity (Wildman–Crippen MR) is 148 cm³/mol. The van der Waals surface area contributed by atoms with E-state index in [0.29, 0.717) is 0 Å². The minimum Gasteiger partial charge on any atom is -0.394 e. The summed E-state index contributed by atoms with van der Waals surface area (Å²) in [5.41, 5.74) is 8.49. The zero-order valence-electron chi connectivity index (χ0n) is 21.0. The molecule has 0 saturated carbocycles. The molecule has 0 radical (unpaired) electrons. The van der Waals surface area contributed by atoms with Crippen LogP contribution in [0.25, 0.3) is 22.4 Å². The standard InChI is InChI=1S/C29H32N6O2/c1-2-19-6-9-21(10-7-19)28-31-23-4-3-5-26(27(23)33-28)35-14-12-34(13-15-35)17-20-8-11-22-24(16-20)30-25(18-36)29(37)32-22/h3-11,16,25,30,36H,2,12-15,17-18H2,1H3,(H,31,33)(H,32,37). The highest BCUT2D eigenvalue weighted by molar-refractivity contribution is 6.03. The Bertz CT molecular complexity index is 1420. The number of para-hydroxylation sites is 1. The van der Waals surface area contributed by atoms with Crippen molar-refractivity contribution < 1.29 is 9.90 Å². The molecule has 1 atom stereocenters. The van der Waals surface area contributed by atoms with Gasteiger partial charge in [0.2, 0.25) is 5.91 Å². The Morgan fingerprint density at radius 2 is 1.76 bits per heavy atom. The number of aliphatic hydroxyl groups is 1. The molecule has 4 aromatic rings. The molecule has 3 heterocycles. The molecular weight excluding hydrogens is 464 g/mol. The summed E-state index contributed by atoms with van der Waals surface area (Å²) >= 11 is 0. The van der Waals surface area contributed by atoms with Gasteiger partial charge in [0.05, 0.1) is 29.2 Å². The van der Waals surface area contributed by atoms with E-state index < -0.39 is 6.04 Å². The molecule has 2 aliphatic heterocycles. The molecule has 1 amide bonds. The Morgan fingerprint density at radius 1 is 0.973 bits per heavy atom. The van der Waals surface area contributed by atoms with Crippen LogP contribution in [0.15, 0.2) is 60.7 Å². The molecule has 190 valence electrons. The van der Waals surface area contributed by atoms with Gasteiger partial charge in [-0.3, -0.25) is 9.69 Å². The normalized spacial score (nSPS) is 17.9. The smallest absolute Gasteiger partial charge is 0.249 e. The number of carbonyl (C=O) groups excluding carboxylic acids is 1. The number of amides is 1. The van der Waals surface area contributed by atoms with Gasteiger partial charge in [0, 0.05) is 38.3 Å². The number of benzene rings is 3. The average molecular weight is 497 g/mol. The van der Waals surface area contributed by atoms with Gasteiger partial charge in [-0.25, -0.2) is 4.98 Å². The van der Waals surface area contributed by atoms with Gasteiger partial charge in [-0.1, -0.05) is 43.3 Å². The van der Waals surface area contributed by atoms with Gasteiger partial charge in [-0.05, 0) is 41.8 Å². The molecule has 0 spiro atoms. The Hall–Kier alpha value is -3.88. The molecular formula is C29H32N6O2. The van der Waals surface area contributed by atoms with Crippen molar-refractivity contribution in [2.75, 3.05) is 48.3 Å². The predicted octanol–water partition coefficient (Wildman–Crippen LogP) is 3.84. The van der Waals surface area contributed by atoms with Crippen molar-refractivity contribution in [3.05, 3.63) is 71.8 Å². The molecule has 8 heteroatoms. The van der Waals surface area contributed by atoms with Crippen molar-refractivity contribution in [1.82, 2.24) is 14.9 Å². The first-order valence-electron chi connectivity index (χ1n) is 13.0. The summed E-state index contributed by atoms with van der Waals surface area (Å²) in [6.45, 7) is 6.54. The van der Waals surface area contributed by atoms with Crippen molar-refractivity contribution in [2.24, 2.45) is 0 Å². The molecule has 0 aliphatic carbocycles. The molecule has 1 fully saturated rings. The zero-order chi connectivity index (χ0) is 25.4. The monoisotopic (exact) mass is 496 g/mol. The first-order chi connectivity index (χ1) is 18.1. The number of nitrogens with zero attached hydrogens (tertiary/aromatic N) is 3. The summed E-state index contributed by atoms with van der Waals surface area (Å²) in [6, 6.07) is 20.5. The number of aryl methyl sites for hydroxylation is 1. The fourth-order valence-electron chi connectivity index (χ4n) is 5.23. The van der Waals surface area contributed by atoms with Crippen molar-refractivity contribution in [2.45, 2.75) is 25.9 Å². The fourth-order valence-corrected chi connectivity index (χ4v) is 5.23. The molecule has 1 aromatic heterocycles. The van der Waals surface area contributed by atoms with E-state index >= 15 is 0 Å². The van der Waals surface area contributed by atoms with Crippen LogP contribution in [0.4, 0.5) is 17.1 Å². The number of anilines is 3. The van der Waals surface area contributed by atoms with Crippen molar-refractivity contribution in [3.8, 4) is 11.4 Å². The fraction of sp³-hybridized carbons (Fsp3) is 0.310. The van der Waals surface area contributed by atoms with Crippen LogP contribution in [-0.2, 0) is 17.8 Å². The maximum atomic E-state index is 12.0. The van der Waals surface area contributed by atoms with E-state index in [9.17, 15) is 9.90 Å². The number of nitrogens with one attached hydrogen (secondary N) is 3. The van der Waals surface area contributed by atoms with Crippen molar-refractivity contribution in [1.29, 1.82) is 0 Å². The molecule has 2 aliphatic rings. The minimum atomic E-state index is -0.604. The minimum absolute atomic E-state index is 0.202. The van der Waals surface area contributed by atoms with E-state index in [0.717, 1.165) is 72.9 Å². The number of fused-ring (bicyclic) bond motifs is 2. The van der Waals surface area contributed by atoms with Gasteiger partial charge in [0.15, 0.2) is 0 Å². The summed E-state index contributed by atoms with van der Waals surface area (Å²) in [6.07, 6.45) is 1.03. The number of hydrogen-bond acceptors (Lipinski definition) is 6. The van der Waals surface area contributed by atoms with E-state index in [2.05, 4.69) is 86.9 Å². The lowest BCUT2D eigenvalue weighted by Gasteiger charge is -2.36. The number of aliphatic hydroxyl groups excluding tert-OH is 1. The first-order valence-corrected chi connectivity index (χ1v) is 13.0.